The Kier molecular flexibility index (Phi) is 12.7. The summed E-state index contributed by atoms with van der Waals surface area (Å²) in [5, 5.41) is 12.4. The van der Waals surface area contributed by atoms with Gasteiger partial charge >= 0.3 is 0 Å². The number of hydrogen-bond acceptors (Lipinski definition) is 14. The molecule has 2 saturated heterocycles. The highest BCUT2D eigenvalue weighted by atomic mass is 32.2. The number of nitrogens with zero attached hydrogens (tertiary/aromatic N) is 2. The van der Waals surface area contributed by atoms with Crippen LogP contribution in [0.1, 0.15) is 65.7 Å². The van der Waals surface area contributed by atoms with E-state index in [1.807, 2.05) is 0 Å². The standard InChI is InChI=1S/C35H49N4O14PS2/c1-50-28-18-22-24(36-32(55(44,45)46)26-8-3-10-38(26)34(22)41)20-30(28)52-13-6-16-54(43,15-5-12-40)17-7-14-53-31-21-25-23(19-29(31)51-2)35(42)39-11-4-9-27(39)33(37-25)56(47,48)49/h18-21,26-27,32-33,36-37,40H,3-17H2,1-2H3,(H,44,45,46)(H,47,48,49)/t26-,27-,32?,33?,54?/m0/s1. The predicted octanol–water partition coefficient (Wildman–Crippen LogP) is 3.18. The zero-order chi connectivity index (χ0) is 40.4. The van der Waals surface area contributed by atoms with Crippen molar-refractivity contribution >= 4 is 50.6 Å². The van der Waals surface area contributed by atoms with Crippen LogP contribution in [0.2, 0.25) is 0 Å². The van der Waals surface area contributed by atoms with Crippen molar-refractivity contribution in [1.82, 2.24) is 9.80 Å². The lowest BCUT2D eigenvalue weighted by Gasteiger charge is -2.27. The second-order valence-electron chi connectivity index (χ2n) is 14.4. The molecule has 4 aliphatic heterocycles. The Morgan fingerprint density at radius 2 is 1.11 bits per heavy atom. The molecule has 310 valence electrons. The molecule has 0 aromatic heterocycles. The largest absolute Gasteiger partial charge is 0.493 e. The number of fused-ring (bicyclic) bond motifs is 4. The average Bonchev–Trinajstić information content (AvgIpc) is 3.80. The van der Waals surface area contributed by atoms with Crippen molar-refractivity contribution < 1.29 is 64.1 Å². The van der Waals surface area contributed by atoms with Crippen LogP contribution in [0.25, 0.3) is 0 Å². The molecule has 5 N–H and O–H groups in total. The highest BCUT2D eigenvalue weighted by Crippen LogP contribution is 2.48. The van der Waals surface area contributed by atoms with Crippen LogP contribution in [0.15, 0.2) is 24.3 Å². The Morgan fingerprint density at radius 1 is 0.696 bits per heavy atom. The van der Waals surface area contributed by atoms with Crippen LogP contribution in [0, 0.1) is 0 Å². The number of carbonyl (C=O) groups excluding carboxylic acids is 2. The monoisotopic (exact) mass is 844 g/mol. The molecule has 2 unspecified atom stereocenters. The molecule has 56 heavy (non-hydrogen) atoms. The van der Waals surface area contributed by atoms with Crippen LogP contribution in [-0.4, -0.2) is 141 Å². The van der Waals surface area contributed by atoms with Gasteiger partial charge in [-0.2, -0.15) is 16.8 Å². The normalized spacial score (nSPS) is 23.0. The lowest BCUT2D eigenvalue weighted by Crippen LogP contribution is -2.47. The number of anilines is 2. The van der Waals surface area contributed by atoms with Crippen LogP contribution >= 0.6 is 7.14 Å². The van der Waals surface area contributed by atoms with Gasteiger partial charge in [0.2, 0.25) is 0 Å². The summed E-state index contributed by atoms with van der Waals surface area (Å²) >= 11 is 0. The van der Waals surface area contributed by atoms with Crippen molar-refractivity contribution in [2.45, 2.75) is 67.8 Å². The number of ether oxygens (including phenoxy) is 4. The van der Waals surface area contributed by atoms with E-state index in [0.29, 0.717) is 58.0 Å². The minimum absolute atomic E-state index is 0.0973. The quantitative estimate of drug-likeness (QED) is 0.0872. The lowest BCUT2D eigenvalue weighted by atomic mass is 10.1. The first kappa shape index (κ1) is 41.8. The molecule has 6 rings (SSSR count). The van der Waals surface area contributed by atoms with Crippen molar-refractivity contribution in [3.8, 4) is 23.0 Å². The van der Waals surface area contributed by atoms with Gasteiger partial charge in [-0.25, -0.2) is 0 Å². The van der Waals surface area contributed by atoms with E-state index in [4.69, 9.17) is 18.9 Å². The Bertz CT molecular complexity index is 1950. The van der Waals surface area contributed by atoms with E-state index in [2.05, 4.69) is 10.6 Å². The topological polar surface area (TPSA) is 248 Å². The van der Waals surface area contributed by atoms with Gasteiger partial charge in [0.1, 0.15) is 0 Å². The molecular weight excluding hydrogens is 796 g/mol. The molecule has 0 bridgehead atoms. The van der Waals surface area contributed by atoms with Gasteiger partial charge in [0.15, 0.2) is 33.7 Å². The first-order valence-electron chi connectivity index (χ1n) is 18.5. The number of amides is 2. The highest BCUT2D eigenvalue weighted by Gasteiger charge is 2.46. The summed E-state index contributed by atoms with van der Waals surface area (Å²) in [5.41, 5.74) is 0.699. The van der Waals surface area contributed by atoms with E-state index < -0.39 is 62.0 Å². The van der Waals surface area contributed by atoms with Gasteiger partial charge in [0, 0.05) is 50.3 Å². The molecule has 0 aliphatic carbocycles. The highest BCUT2D eigenvalue weighted by molar-refractivity contribution is 7.86. The molecule has 2 aromatic rings. The molecule has 2 amide bonds. The van der Waals surface area contributed by atoms with E-state index >= 15 is 0 Å². The summed E-state index contributed by atoms with van der Waals surface area (Å²) in [5.74, 6) is 0.131. The van der Waals surface area contributed by atoms with Crippen molar-refractivity contribution in [2.24, 2.45) is 0 Å². The number of methoxy groups -OCH3 is 2. The van der Waals surface area contributed by atoms with Crippen LogP contribution in [0.5, 0.6) is 23.0 Å². The first-order chi connectivity index (χ1) is 26.6. The third-order valence-electron chi connectivity index (χ3n) is 10.8. The molecular formula is C35H49N4O14PS2. The molecule has 0 spiro atoms. The van der Waals surface area contributed by atoms with Crippen LogP contribution < -0.4 is 29.6 Å². The summed E-state index contributed by atoms with van der Waals surface area (Å²) in [6, 6.07) is 4.37. The van der Waals surface area contributed by atoms with E-state index in [9.17, 15) is 45.2 Å². The molecule has 4 heterocycles. The predicted molar refractivity (Wildman–Crippen MR) is 206 cm³/mol. The summed E-state index contributed by atoms with van der Waals surface area (Å²) < 4.78 is 106. The molecule has 4 aliphatic rings. The lowest BCUT2D eigenvalue weighted by molar-refractivity contribution is 0.0734. The number of nitrogens with one attached hydrogen (secondary N) is 2. The SMILES string of the molecule is COc1cc2c(cc1OCCCP(=O)(CCCO)CCCOc1cc3c(cc1OC)C(=O)N1CCC[C@H]1C(S(=O)(=O)O)N3)NC(S(=O)(=O)O)[C@@H]1CCCN1C2=O. The van der Waals surface area contributed by atoms with Crippen molar-refractivity contribution in [1.29, 1.82) is 0 Å². The third-order valence-corrected chi connectivity index (χ3v) is 16.3. The fourth-order valence-electron chi connectivity index (χ4n) is 8.09. The van der Waals surface area contributed by atoms with Crippen molar-refractivity contribution in [3.05, 3.63) is 35.4 Å². The van der Waals surface area contributed by atoms with Gasteiger partial charge in [0.25, 0.3) is 32.1 Å². The van der Waals surface area contributed by atoms with Gasteiger partial charge < -0.3 is 49.1 Å². The van der Waals surface area contributed by atoms with Gasteiger partial charge in [-0.15, -0.1) is 0 Å². The second-order valence-corrected chi connectivity index (χ2v) is 20.9. The van der Waals surface area contributed by atoms with Gasteiger partial charge in [0.05, 0.1) is 69.2 Å². The Morgan fingerprint density at radius 3 is 1.48 bits per heavy atom. The Labute approximate surface area is 326 Å². The molecule has 0 radical (unpaired) electrons. The van der Waals surface area contributed by atoms with E-state index in [0.717, 1.165) is 0 Å². The van der Waals surface area contributed by atoms with Crippen LogP contribution in [0.3, 0.4) is 0 Å². The minimum Gasteiger partial charge on any atom is -0.493 e. The van der Waals surface area contributed by atoms with Gasteiger partial charge in [-0.05, 0) is 57.1 Å². The van der Waals surface area contributed by atoms with Crippen LogP contribution in [-0.2, 0) is 24.8 Å². The molecule has 2 fully saturated rings. The van der Waals surface area contributed by atoms with E-state index in [-0.39, 0.29) is 83.8 Å². The summed E-state index contributed by atoms with van der Waals surface area (Å²) in [6.45, 7) is 0.751. The summed E-state index contributed by atoms with van der Waals surface area (Å²) in [4.78, 5) is 29.7. The number of carbonyl (C=O) groups is 2. The fourth-order valence-corrected chi connectivity index (χ4v) is 12.8. The maximum absolute atomic E-state index is 14.1. The zero-order valence-corrected chi connectivity index (χ0v) is 33.7. The molecule has 4 atom stereocenters. The fraction of sp³-hybridized carbons (Fsp3) is 0.600. The number of hydrogen-bond donors (Lipinski definition) is 5. The smallest absolute Gasteiger partial charge is 0.288 e. The van der Waals surface area contributed by atoms with E-state index in [1.165, 1.54) is 48.3 Å². The molecule has 21 heteroatoms. The Balaban J connectivity index is 1.09. The van der Waals surface area contributed by atoms with Crippen molar-refractivity contribution in [3.63, 3.8) is 0 Å². The number of rotatable bonds is 17. The first-order valence-corrected chi connectivity index (χ1v) is 23.8. The summed E-state index contributed by atoms with van der Waals surface area (Å²) in [6.07, 6.45) is 3.88. The maximum atomic E-state index is 14.1. The van der Waals surface area contributed by atoms with Crippen LogP contribution in [0.4, 0.5) is 11.4 Å². The number of aliphatic hydroxyl groups is 1. The van der Waals surface area contributed by atoms with Gasteiger partial charge in [-0.1, -0.05) is 0 Å². The summed E-state index contributed by atoms with van der Waals surface area (Å²) in [7, 11) is -9.19. The number of benzene rings is 2. The van der Waals surface area contributed by atoms with Gasteiger partial charge in [-0.3, -0.25) is 18.7 Å². The van der Waals surface area contributed by atoms with E-state index in [1.54, 1.807) is 0 Å². The Hall–Kier alpha value is -3.81. The minimum atomic E-state index is -4.58. The maximum Gasteiger partial charge on any atom is 0.288 e. The van der Waals surface area contributed by atoms with Crippen molar-refractivity contribution in [2.75, 3.05) is 76.2 Å². The average molecular weight is 845 g/mol. The third kappa shape index (κ3) is 8.84. The molecule has 18 nitrogen and oxygen atoms in total. The molecule has 0 saturated carbocycles. The zero-order valence-electron chi connectivity index (χ0n) is 31.2. The number of aliphatic hydroxyl groups excluding tert-OH is 1. The molecule has 2 aromatic carbocycles. The second kappa shape index (κ2) is 17.0.